The number of aromatic nitrogens is 3. The molecule has 0 saturated heterocycles. The fourth-order valence-corrected chi connectivity index (χ4v) is 4.11. The standard InChI is InChI=1S/C29H47N3O/c1-3-5-7-9-11-13-15-17-19-27-21-20-26(23-30-27)29-31-24-28(25-32-29)33-22-18-16-14-12-10-8-6-4-2/h20-21,23-25H,3-19,22H2,1-2H3. The number of hydrogen-bond acceptors (Lipinski definition) is 4. The lowest BCUT2D eigenvalue weighted by molar-refractivity contribution is 0.302. The summed E-state index contributed by atoms with van der Waals surface area (Å²) in [5, 5.41) is 0. The van der Waals surface area contributed by atoms with Crippen LogP contribution in [0.25, 0.3) is 11.4 Å². The molecule has 2 aromatic heterocycles. The first-order chi connectivity index (χ1) is 16.3. The minimum absolute atomic E-state index is 0.709. The van der Waals surface area contributed by atoms with Crippen LogP contribution in [0.3, 0.4) is 0 Å². The zero-order chi connectivity index (χ0) is 23.4. The van der Waals surface area contributed by atoms with Crippen molar-refractivity contribution in [2.24, 2.45) is 0 Å². The zero-order valence-corrected chi connectivity index (χ0v) is 21.4. The van der Waals surface area contributed by atoms with Crippen LogP contribution < -0.4 is 4.74 Å². The van der Waals surface area contributed by atoms with E-state index in [2.05, 4.69) is 40.9 Å². The predicted molar refractivity (Wildman–Crippen MR) is 140 cm³/mol. The van der Waals surface area contributed by atoms with Gasteiger partial charge in [-0.05, 0) is 31.4 Å². The van der Waals surface area contributed by atoms with E-state index < -0.39 is 0 Å². The molecule has 0 radical (unpaired) electrons. The minimum Gasteiger partial charge on any atom is -0.490 e. The Morgan fingerprint density at radius 1 is 0.576 bits per heavy atom. The monoisotopic (exact) mass is 453 g/mol. The topological polar surface area (TPSA) is 47.9 Å². The lowest BCUT2D eigenvalue weighted by Gasteiger charge is -2.07. The molecular formula is C29H47N3O. The Balaban J connectivity index is 1.59. The van der Waals surface area contributed by atoms with Crippen LogP contribution in [0.5, 0.6) is 5.75 Å². The summed E-state index contributed by atoms with van der Waals surface area (Å²) in [5.74, 6) is 1.46. The first kappa shape index (κ1) is 27.3. The lowest BCUT2D eigenvalue weighted by atomic mass is 10.1. The SMILES string of the molecule is CCCCCCCCCCOc1cnc(-c2ccc(CCCCCCCCCC)nc2)nc1. The molecule has 0 aliphatic heterocycles. The molecule has 0 aromatic carbocycles. The molecule has 0 atom stereocenters. The Hall–Kier alpha value is -1.97. The Morgan fingerprint density at radius 2 is 1.12 bits per heavy atom. The third-order valence-corrected chi connectivity index (χ3v) is 6.26. The number of aryl methyl sites for hydroxylation is 1. The van der Waals surface area contributed by atoms with Gasteiger partial charge < -0.3 is 4.74 Å². The largest absolute Gasteiger partial charge is 0.490 e. The van der Waals surface area contributed by atoms with Crippen molar-refractivity contribution in [2.45, 2.75) is 123 Å². The van der Waals surface area contributed by atoms with Crippen molar-refractivity contribution < 1.29 is 4.74 Å². The van der Waals surface area contributed by atoms with Gasteiger partial charge in [-0.1, -0.05) is 104 Å². The van der Waals surface area contributed by atoms with Gasteiger partial charge in [0, 0.05) is 17.5 Å². The summed E-state index contributed by atoms with van der Waals surface area (Å²) in [5.41, 5.74) is 2.12. The fourth-order valence-electron chi connectivity index (χ4n) is 4.11. The number of rotatable bonds is 20. The van der Waals surface area contributed by atoms with E-state index in [1.54, 1.807) is 12.4 Å². The fraction of sp³-hybridized carbons (Fsp3) is 0.690. The summed E-state index contributed by atoms with van der Waals surface area (Å²) in [4.78, 5) is 13.6. The molecule has 4 heteroatoms. The molecule has 0 aliphatic rings. The summed E-state index contributed by atoms with van der Waals surface area (Å²) in [6.07, 6.45) is 27.7. The van der Waals surface area contributed by atoms with Crippen molar-refractivity contribution in [2.75, 3.05) is 6.61 Å². The summed E-state index contributed by atoms with van der Waals surface area (Å²) >= 11 is 0. The Morgan fingerprint density at radius 3 is 1.67 bits per heavy atom. The van der Waals surface area contributed by atoms with Gasteiger partial charge in [-0.25, -0.2) is 9.97 Å². The molecular weight excluding hydrogens is 406 g/mol. The maximum Gasteiger partial charge on any atom is 0.160 e. The van der Waals surface area contributed by atoms with Crippen molar-refractivity contribution in [3.8, 4) is 17.1 Å². The molecule has 33 heavy (non-hydrogen) atoms. The molecule has 2 aromatic rings. The van der Waals surface area contributed by atoms with Crippen molar-refractivity contribution in [3.05, 3.63) is 36.4 Å². The van der Waals surface area contributed by atoms with Crippen molar-refractivity contribution in [3.63, 3.8) is 0 Å². The van der Waals surface area contributed by atoms with Crippen LogP contribution in [-0.4, -0.2) is 21.6 Å². The molecule has 0 aliphatic carbocycles. The van der Waals surface area contributed by atoms with Crippen LogP contribution in [0.1, 0.15) is 122 Å². The summed E-state index contributed by atoms with van der Waals surface area (Å²) in [7, 11) is 0. The van der Waals surface area contributed by atoms with E-state index in [1.807, 2.05) is 6.20 Å². The Bertz CT molecular complexity index is 700. The first-order valence-corrected chi connectivity index (χ1v) is 13.7. The van der Waals surface area contributed by atoms with Crippen molar-refractivity contribution in [1.29, 1.82) is 0 Å². The zero-order valence-electron chi connectivity index (χ0n) is 21.4. The van der Waals surface area contributed by atoms with E-state index in [4.69, 9.17) is 4.74 Å². The number of unbranched alkanes of at least 4 members (excludes halogenated alkanes) is 14. The van der Waals surface area contributed by atoms with Crippen LogP contribution >= 0.6 is 0 Å². The van der Waals surface area contributed by atoms with Crippen LogP contribution in [0.2, 0.25) is 0 Å². The summed E-state index contributed by atoms with van der Waals surface area (Å²) in [6.45, 7) is 5.28. The van der Waals surface area contributed by atoms with E-state index in [9.17, 15) is 0 Å². The van der Waals surface area contributed by atoms with Crippen LogP contribution in [0, 0.1) is 0 Å². The van der Waals surface area contributed by atoms with E-state index in [0.29, 0.717) is 5.82 Å². The van der Waals surface area contributed by atoms with Gasteiger partial charge in [0.05, 0.1) is 19.0 Å². The summed E-state index contributed by atoms with van der Waals surface area (Å²) < 4.78 is 5.81. The Kier molecular flexibility index (Phi) is 15.3. The predicted octanol–water partition coefficient (Wildman–Crippen LogP) is 8.74. The van der Waals surface area contributed by atoms with Gasteiger partial charge in [0.2, 0.25) is 0 Å². The average molecular weight is 454 g/mol. The molecule has 0 saturated carbocycles. The van der Waals surface area contributed by atoms with Gasteiger partial charge in [-0.2, -0.15) is 0 Å². The maximum atomic E-state index is 5.81. The molecule has 2 heterocycles. The third-order valence-electron chi connectivity index (χ3n) is 6.26. The second kappa shape index (κ2) is 18.5. The molecule has 0 spiro atoms. The van der Waals surface area contributed by atoms with E-state index >= 15 is 0 Å². The van der Waals surface area contributed by atoms with Crippen molar-refractivity contribution >= 4 is 0 Å². The van der Waals surface area contributed by atoms with Gasteiger partial charge in [-0.15, -0.1) is 0 Å². The normalized spacial score (nSPS) is 11.1. The first-order valence-electron chi connectivity index (χ1n) is 13.7. The van der Waals surface area contributed by atoms with Gasteiger partial charge >= 0.3 is 0 Å². The summed E-state index contributed by atoms with van der Waals surface area (Å²) in [6, 6.07) is 4.20. The number of ether oxygens (including phenoxy) is 1. The number of pyridine rings is 1. The molecule has 0 bridgehead atoms. The Labute approximate surface area is 203 Å². The van der Waals surface area contributed by atoms with E-state index in [0.717, 1.165) is 36.5 Å². The molecule has 0 fully saturated rings. The van der Waals surface area contributed by atoms with Gasteiger partial charge in [0.1, 0.15) is 0 Å². The van der Waals surface area contributed by atoms with Crippen LogP contribution in [0.4, 0.5) is 0 Å². The van der Waals surface area contributed by atoms with Crippen molar-refractivity contribution in [1.82, 2.24) is 15.0 Å². The highest BCUT2D eigenvalue weighted by Gasteiger charge is 2.04. The molecule has 0 unspecified atom stereocenters. The second-order valence-corrected chi connectivity index (χ2v) is 9.33. The smallest absolute Gasteiger partial charge is 0.160 e. The van der Waals surface area contributed by atoms with Gasteiger partial charge in [0.25, 0.3) is 0 Å². The molecule has 2 rings (SSSR count). The molecule has 0 amide bonds. The highest BCUT2D eigenvalue weighted by Crippen LogP contribution is 2.17. The third kappa shape index (κ3) is 12.7. The minimum atomic E-state index is 0.709. The van der Waals surface area contributed by atoms with Gasteiger partial charge in [0.15, 0.2) is 11.6 Å². The average Bonchev–Trinajstić information content (AvgIpc) is 2.85. The van der Waals surface area contributed by atoms with Crippen LogP contribution in [-0.2, 0) is 6.42 Å². The van der Waals surface area contributed by atoms with Gasteiger partial charge in [-0.3, -0.25) is 4.98 Å². The van der Waals surface area contributed by atoms with E-state index in [1.165, 1.54) is 96.3 Å². The number of hydrogen-bond donors (Lipinski definition) is 0. The lowest BCUT2D eigenvalue weighted by Crippen LogP contribution is -1.99. The molecule has 184 valence electrons. The quantitative estimate of drug-likeness (QED) is 0.188. The van der Waals surface area contributed by atoms with E-state index in [-0.39, 0.29) is 0 Å². The highest BCUT2D eigenvalue weighted by molar-refractivity contribution is 5.53. The molecule has 0 N–H and O–H groups in total. The second-order valence-electron chi connectivity index (χ2n) is 9.33. The number of nitrogens with zero attached hydrogens (tertiary/aromatic N) is 3. The molecule has 4 nitrogen and oxygen atoms in total. The highest BCUT2D eigenvalue weighted by atomic mass is 16.5. The van der Waals surface area contributed by atoms with Crippen LogP contribution in [0.15, 0.2) is 30.7 Å². The maximum absolute atomic E-state index is 5.81.